The van der Waals surface area contributed by atoms with Crippen LogP contribution in [0.3, 0.4) is 0 Å². The molecule has 0 aliphatic heterocycles. The SMILES string of the molecule is C1=CC=Cc2c(n(-c3ccccc3)c3ccccc23)C=1. The molecule has 0 unspecified atom stereocenters. The Kier molecular flexibility index (Phi) is 2.45. The van der Waals surface area contributed by atoms with Crippen molar-refractivity contribution in [2.45, 2.75) is 0 Å². The Morgan fingerprint density at radius 3 is 2.55 bits per heavy atom. The van der Waals surface area contributed by atoms with Crippen LogP contribution >= 0.6 is 0 Å². The zero-order valence-corrected chi connectivity index (χ0v) is 11.0. The number of rotatable bonds is 1. The minimum absolute atomic E-state index is 1.18. The maximum Gasteiger partial charge on any atom is 0.0618 e. The summed E-state index contributed by atoms with van der Waals surface area (Å²) in [6.45, 7) is 0. The van der Waals surface area contributed by atoms with Gasteiger partial charge in [-0.3, -0.25) is 0 Å². The lowest BCUT2D eigenvalue weighted by Gasteiger charge is -2.08. The van der Waals surface area contributed by atoms with Crippen LogP contribution < -0.4 is 0 Å². The van der Waals surface area contributed by atoms with E-state index >= 15 is 0 Å². The van der Waals surface area contributed by atoms with Gasteiger partial charge in [0.2, 0.25) is 0 Å². The van der Waals surface area contributed by atoms with E-state index in [0.29, 0.717) is 0 Å². The first-order valence-electron chi connectivity index (χ1n) is 6.73. The fourth-order valence-electron chi connectivity index (χ4n) is 2.78. The fraction of sp³-hybridized carbons (Fsp3) is 0. The molecular formula is C19H13N. The highest BCUT2D eigenvalue weighted by Crippen LogP contribution is 2.32. The van der Waals surface area contributed by atoms with Crippen LogP contribution in [0.25, 0.3) is 28.7 Å². The van der Waals surface area contributed by atoms with Crippen molar-refractivity contribution in [3.8, 4) is 5.69 Å². The first kappa shape index (κ1) is 11.1. The van der Waals surface area contributed by atoms with Crippen molar-refractivity contribution >= 4 is 23.1 Å². The summed E-state index contributed by atoms with van der Waals surface area (Å²) in [4.78, 5) is 0. The summed E-state index contributed by atoms with van der Waals surface area (Å²) in [5, 5.41) is 1.27. The molecule has 1 heteroatoms. The zero-order chi connectivity index (χ0) is 13.4. The number of nitrogens with zero attached hydrogens (tertiary/aromatic N) is 1. The fourth-order valence-corrected chi connectivity index (χ4v) is 2.78. The third-order valence-corrected chi connectivity index (χ3v) is 3.64. The van der Waals surface area contributed by atoms with Gasteiger partial charge in [0.05, 0.1) is 11.2 Å². The van der Waals surface area contributed by atoms with Crippen LogP contribution in [-0.2, 0) is 0 Å². The van der Waals surface area contributed by atoms with Crippen LogP contribution in [-0.4, -0.2) is 4.57 Å². The van der Waals surface area contributed by atoms with Gasteiger partial charge in [0.15, 0.2) is 0 Å². The van der Waals surface area contributed by atoms with Crippen molar-refractivity contribution in [1.29, 1.82) is 0 Å². The molecule has 0 bridgehead atoms. The summed E-state index contributed by atoms with van der Waals surface area (Å²) in [6, 6.07) is 19.0. The number of fused-ring (bicyclic) bond motifs is 3. The van der Waals surface area contributed by atoms with Crippen molar-refractivity contribution in [2.24, 2.45) is 0 Å². The van der Waals surface area contributed by atoms with Crippen molar-refractivity contribution < 1.29 is 0 Å². The van der Waals surface area contributed by atoms with Gasteiger partial charge in [0.1, 0.15) is 0 Å². The molecule has 2 aromatic carbocycles. The van der Waals surface area contributed by atoms with Crippen LogP contribution in [0, 0.1) is 0 Å². The van der Waals surface area contributed by atoms with Gasteiger partial charge in [-0.15, -0.1) is 5.73 Å². The summed E-state index contributed by atoms with van der Waals surface area (Å²) in [6.07, 6.45) is 8.21. The highest BCUT2D eigenvalue weighted by atomic mass is 15.0. The number of hydrogen-bond donors (Lipinski definition) is 0. The number of para-hydroxylation sites is 2. The molecule has 1 nitrogen and oxygen atoms in total. The van der Waals surface area contributed by atoms with Gasteiger partial charge >= 0.3 is 0 Å². The molecule has 1 aromatic heterocycles. The van der Waals surface area contributed by atoms with Crippen LogP contribution in [0.1, 0.15) is 11.3 Å². The molecular weight excluding hydrogens is 242 g/mol. The Hall–Kier alpha value is -2.76. The molecule has 1 aliphatic rings. The summed E-state index contributed by atoms with van der Waals surface area (Å²) in [5.41, 5.74) is 8.06. The van der Waals surface area contributed by atoms with Crippen LogP contribution in [0.2, 0.25) is 0 Å². The van der Waals surface area contributed by atoms with Crippen molar-refractivity contribution in [3.63, 3.8) is 0 Å². The molecule has 0 amide bonds. The van der Waals surface area contributed by atoms with Crippen molar-refractivity contribution in [2.75, 3.05) is 0 Å². The molecule has 0 atom stereocenters. The average Bonchev–Trinajstić information content (AvgIpc) is 2.65. The molecule has 0 saturated carbocycles. The topological polar surface area (TPSA) is 4.93 Å². The second kappa shape index (κ2) is 4.41. The van der Waals surface area contributed by atoms with Gasteiger partial charge in [-0.05, 0) is 24.3 Å². The molecule has 1 aliphatic carbocycles. The molecule has 0 saturated heterocycles. The van der Waals surface area contributed by atoms with Crippen molar-refractivity contribution in [1.82, 2.24) is 4.57 Å². The first-order chi connectivity index (χ1) is 9.95. The van der Waals surface area contributed by atoms with Gasteiger partial charge in [-0.2, -0.15) is 0 Å². The van der Waals surface area contributed by atoms with E-state index in [-0.39, 0.29) is 0 Å². The van der Waals surface area contributed by atoms with Crippen LogP contribution in [0.5, 0.6) is 0 Å². The lowest BCUT2D eigenvalue weighted by molar-refractivity contribution is 1.11. The van der Waals surface area contributed by atoms with E-state index in [2.05, 4.69) is 71.0 Å². The number of hydrogen-bond acceptors (Lipinski definition) is 0. The Labute approximate surface area is 117 Å². The van der Waals surface area contributed by atoms with E-state index in [9.17, 15) is 0 Å². The maximum atomic E-state index is 3.22. The molecule has 0 fully saturated rings. The molecule has 0 radical (unpaired) electrons. The molecule has 4 rings (SSSR count). The highest BCUT2D eigenvalue weighted by Gasteiger charge is 2.14. The Balaban J connectivity index is 2.18. The standard InChI is InChI=1S/C19H13N/c1-3-9-15(10-4-1)20-18-13-6-2-5-11-16(18)17-12-7-8-14-19(17)20/h1-5,7-14H. The van der Waals surface area contributed by atoms with Crippen LogP contribution in [0.4, 0.5) is 0 Å². The second-order valence-electron chi connectivity index (χ2n) is 4.82. The Morgan fingerprint density at radius 1 is 0.850 bits per heavy atom. The minimum atomic E-state index is 1.18. The third-order valence-electron chi connectivity index (χ3n) is 3.64. The maximum absolute atomic E-state index is 3.22. The van der Waals surface area contributed by atoms with Crippen molar-refractivity contribution in [3.05, 3.63) is 83.7 Å². The molecule has 1 heterocycles. The zero-order valence-electron chi connectivity index (χ0n) is 11.0. The number of benzene rings is 2. The monoisotopic (exact) mass is 255 g/mol. The number of aromatic nitrogens is 1. The van der Waals surface area contributed by atoms with E-state index in [1.165, 1.54) is 27.8 Å². The van der Waals surface area contributed by atoms with Gasteiger partial charge < -0.3 is 4.57 Å². The van der Waals surface area contributed by atoms with E-state index in [0.717, 1.165) is 0 Å². The number of allylic oxidation sites excluding steroid dienone is 2. The lowest BCUT2D eigenvalue weighted by atomic mass is 10.1. The molecule has 94 valence electrons. The summed E-state index contributed by atoms with van der Waals surface area (Å²) in [7, 11) is 0. The Bertz CT molecular complexity index is 873. The van der Waals surface area contributed by atoms with Gasteiger partial charge in [-0.1, -0.05) is 48.6 Å². The molecule has 0 N–H and O–H groups in total. The summed E-state index contributed by atoms with van der Waals surface area (Å²) in [5.74, 6) is 0. The largest absolute Gasteiger partial charge is 0.309 e. The van der Waals surface area contributed by atoms with E-state index in [1.807, 2.05) is 18.2 Å². The molecule has 0 spiro atoms. The summed E-state index contributed by atoms with van der Waals surface area (Å²) >= 11 is 0. The Morgan fingerprint density at radius 2 is 1.65 bits per heavy atom. The quantitative estimate of drug-likeness (QED) is 0.549. The van der Waals surface area contributed by atoms with Gasteiger partial charge in [0, 0.05) is 22.7 Å². The van der Waals surface area contributed by atoms with Gasteiger partial charge in [0.25, 0.3) is 0 Å². The highest BCUT2D eigenvalue weighted by molar-refractivity contribution is 5.95. The predicted octanol–water partition coefficient (Wildman–Crippen LogP) is 4.83. The predicted molar refractivity (Wildman–Crippen MR) is 84.9 cm³/mol. The van der Waals surface area contributed by atoms with E-state index < -0.39 is 0 Å². The molecule has 20 heavy (non-hydrogen) atoms. The lowest BCUT2D eigenvalue weighted by Crippen LogP contribution is -1.96. The second-order valence-corrected chi connectivity index (χ2v) is 4.82. The van der Waals surface area contributed by atoms with E-state index in [1.54, 1.807) is 0 Å². The van der Waals surface area contributed by atoms with Gasteiger partial charge in [-0.25, -0.2) is 0 Å². The normalized spacial score (nSPS) is 12.6. The smallest absolute Gasteiger partial charge is 0.0618 e. The first-order valence-corrected chi connectivity index (χ1v) is 6.73. The molecule has 3 aromatic rings. The minimum Gasteiger partial charge on any atom is -0.309 e. The van der Waals surface area contributed by atoms with E-state index in [4.69, 9.17) is 0 Å². The van der Waals surface area contributed by atoms with Crippen LogP contribution in [0.15, 0.2) is 72.5 Å². The third kappa shape index (κ3) is 1.58. The average molecular weight is 255 g/mol. The summed E-state index contributed by atoms with van der Waals surface area (Å²) < 4.78 is 2.29.